The van der Waals surface area contributed by atoms with Gasteiger partial charge in [-0.25, -0.2) is 8.42 Å². The minimum atomic E-state index is -3.55. The number of anilines is 1. The van der Waals surface area contributed by atoms with Crippen LogP contribution in [0.5, 0.6) is 0 Å². The molecule has 0 spiro atoms. The zero-order valence-electron chi connectivity index (χ0n) is 15.2. The van der Waals surface area contributed by atoms with Crippen molar-refractivity contribution in [1.82, 2.24) is 4.31 Å². The average Bonchev–Trinajstić information content (AvgIpc) is 3.16. The molecule has 0 bridgehead atoms. The molecule has 3 aromatic carbocycles. The number of para-hydroxylation sites is 1. The Balaban J connectivity index is 1.71. The summed E-state index contributed by atoms with van der Waals surface area (Å²) in [5.74, 6) is 0. The van der Waals surface area contributed by atoms with Crippen LogP contribution in [0.15, 0.2) is 89.8 Å². The van der Waals surface area contributed by atoms with E-state index in [-0.39, 0.29) is 6.04 Å². The van der Waals surface area contributed by atoms with Crippen molar-refractivity contribution in [3.05, 3.63) is 96.1 Å². The van der Waals surface area contributed by atoms with E-state index in [1.165, 1.54) is 0 Å². The lowest BCUT2D eigenvalue weighted by atomic mass is 10.1. The first kappa shape index (κ1) is 17.8. The molecule has 0 radical (unpaired) electrons. The Morgan fingerprint density at radius 3 is 2.04 bits per heavy atom. The van der Waals surface area contributed by atoms with Crippen LogP contribution in [0, 0.1) is 6.92 Å². The molecule has 1 heterocycles. The Labute approximate surface area is 160 Å². The number of sulfonamides is 1. The predicted molar refractivity (Wildman–Crippen MR) is 108 cm³/mol. The van der Waals surface area contributed by atoms with Crippen LogP contribution in [-0.4, -0.2) is 25.9 Å². The molecule has 1 aliphatic rings. The van der Waals surface area contributed by atoms with Crippen molar-refractivity contribution in [3.8, 4) is 0 Å². The van der Waals surface area contributed by atoms with Crippen molar-refractivity contribution in [1.29, 1.82) is 0 Å². The van der Waals surface area contributed by atoms with E-state index in [2.05, 4.69) is 17.0 Å². The summed E-state index contributed by atoms with van der Waals surface area (Å²) in [6.45, 7) is 2.71. The molecule has 0 N–H and O–H groups in total. The first-order chi connectivity index (χ1) is 13.1. The molecule has 1 aliphatic heterocycles. The van der Waals surface area contributed by atoms with Crippen LogP contribution in [0.4, 0.5) is 5.69 Å². The Hall–Kier alpha value is -2.63. The Morgan fingerprint density at radius 2 is 1.41 bits per heavy atom. The maximum Gasteiger partial charge on any atom is 0.244 e. The number of hydrogen-bond acceptors (Lipinski definition) is 3. The third kappa shape index (κ3) is 3.48. The summed E-state index contributed by atoms with van der Waals surface area (Å²) >= 11 is 0. The van der Waals surface area contributed by atoms with Crippen LogP contribution in [0.3, 0.4) is 0 Å². The second-order valence-electron chi connectivity index (χ2n) is 6.83. The highest BCUT2D eigenvalue weighted by Gasteiger charge is 2.38. The van der Waals surface area contributed by atoms with Gasteiger partial charge in [-0.15, -0.1) is 0 Å². The number of nitrogens with zero attached hydrogens (tertiary/aromatic N) is 2. The molecule has 0 amide bonds. The van der Waals surface area contributed by atoms with Crippen LogP contribution >= 0.6 is 0 Å². The van der Waals surface area contributed by atoms with E-state index in [0.29, 0.717) is 18.1 Å². The lowest BCUT2D eigenvalue weighted by molar-refractivity contribution is 0.473. The second kappa shape index (κ2) is 7.18. The molecule has 0 aliphatic carbocycles. The summed E-state index contributed by atoms with van der Waals surface area (Å²) < 4.78 is 28.0. The van der Waals surface area contributed by atoms with Gasteiger partial charge in [-0.05, 0) is 36.8 Å². The highest BCUT2D eigenvalue weighted by Crippen LogP contribution is 2.35. The molecule has 1 atom stereocenters. The van der Waals surface area contributed by atoms with Gasteiger partial charge in [0.25, 0.3) is 0 Å². The Kier molecular flexibility index (Phi) is 4.72. The average molecular weight is 378 g/mol. The Bertz CT molecular complexity index is 956. The largest absolute Gasteiger partial charge is 0.349 e. The first-order valence-electron chi connectivity index (χ1n) is 8.99. The number of hydrogen-bond donors (Lipinski definition) is 0. The summed E-state index contributed by atoms with van der Waals surface area (Å²) in [4.78, 5) is 2.50. The quantitative estimate of drug-likeness (QED) is 0.683. The number of aryl methyl sites for hydroxylation is 1. The van der Waals surface area contributed by atoms with Gasteiger partial charge in [-0.2, -0.15) is 4.31 Å². The summed E-state index contributed by atoms with van der Waals surface area (Å²) in [6, 6.07) is 27.1. The van der Waals surface area contributed by atoms with Crippen molar-refractivity contribution in [2.75, 3.05) is 18.1 Å². The topological polar surface area (TPSA) is 40.6 Å². The van der Waals surface area contributed by atoms with Gasteiger partial charge in [0.05, 0.1) is 17.6 Å². The van der Waals surface area contributed by atoms with Crippen LogP contribution in [0.2, 0.25) is 0 Å². The standard InChI is InChI=1S/C22H22N2O2S/c1-18-12-14-21(15-13-18)27(25,26)23-16-22(19-8-4-2-5-9-19)24(17-23)20-10-6-3-7-11-20/h2-15,22H,16-17H2,1H3. The van der Waals surface area contributed by atoms with Gasteiger partial charge >= 0.3 is 0 Å². The summed E-state index contributed by atoms with van der Waals surface area (Å²) in [7, 11) is -3.55. The lowest BCUT2D eigenvalue weighted by Gasteiger charge is -2.26. The normalized spacial score (nSPS) is 18.0. The maximum absolute atomic E-state index is 13.2. The summed E-state index contributed by atoms with van der Waals surface area (Å²) in [6.07, 6.45) is 0. The first-order valence-corrected chi connectivity index (χ1v) is 10.4. The predicted octanol–water partition coefficient (Wildman–Crippen LogP) is 4.20. The number of rotatable bonds is 4. The minimum Gasteiger partial charge on any atom is -0.349 e. The van der Waals surface area contributed by atoms with Gasteiger partial charge < -0.3 is 4.90 Å². The number of benzene rings is 3. The maximum atomic E-state index is 13.2. The van der Waals surface area contributed by atoms with Gasteiger partial charge in [-0.1, -0.05) is 66.2 Å². The van der Waals surface area contributed by atoms with E-state index < -0.39 is 10.0 Å². The fourth-order valence-corrected chi connectivity index (χ4v) is 4.88. The zero-order chi connectivity index (χ0) is 18.9. The van der Waals surface area contributed by atoms with E-state index in [9.17, 15) is 8.42 Å². The molecular formula is C22H22N2O2S. The molecule has 138 valence electrons. The van der Waals surface area contributed by atoms with Crippen LogP contribution < -0.4 is 4.90 Å². The molecular weight excluding hydrogens is 356 g/mol. The molecule has 0 saturated carbocycles. The monoisotopic (exact) mass is 378 g/mol. The van der Waals surface area contributed by atoms with Crippen molar-refractivity contribution >= 4 is 15.7 Å². The molecule has 1 unspecified atom stereocenters. The SMILES string of the molecule is Cc1ccc(S(=O)(=O)N2CC(c3ccccc3)N(c3ccccc3)C2)cc1. The van der Waals surface area contributed by atoms with Crippen molar-refractivity contribution in [2.24, 2.45) is 0 Å². The van der Waals surface area contributed by atoms with Gasteiger partial charge in [0, 0.05) is 12.2 Å². The van der Waals surface area contributed by atoms with Crippen LogP contribution in [-0.2, 0) is 10.0 Å². The van der Waals surface area contributed by atoms with Crippen molar-refractivity contribution < 1.29 is 8.42 Å². The summed E-state index contributed by atoms with van der Waals surface area (Å²) in [5, 5.41) is 0. The van der Waals surface area contributed by atoms with Gasteiger partial charge in [0.15, 0.2) is 0 Å². The molecule has 0 aromatic heterocycles. The fourth-order valence-electron chi connectivity index (χ4n) is 3.49. The molecule has 4 rings (SSSR count). The molecule has 4 nitrogen and oxygen atoms in total. The van der Waals surface area contributed by atoms with Gasteiger partial charge in [-0.3, -0.25) is 0 Å². The van der Waals surface area contributed by atoms with E-state index in [0.717, 1.165) is 16.8 Å². The van der Waals surface area contributed by atoms with E-state index in [4.69, 9.17) is 0 Å². The van der Waals surface area contributed by atoms with E-state index >= 15 is 0 Å². The second-order valence-corrected chi connectivity index (χ2v) is 8.76. The van der Waals surface area contributed by atoms with Gasteiger partial charge in [0.2, 0.25) is 10.0 Å². The smallest absolute Gasteiger partial charge is 0.244 e. The lowest BCUT2D eigenvalue weighted by Crippen LogP contribution is -2.31. The molecule has 3 aromatic rings. The van der Waals surface area contributed by atoms with Crippen molar-refractivity contribution in [2.45, 2.75) is 17.9 Å². The third-order valence-electron chi connectivity index (χ3n) is 4.99. The molecule has 27 heavy (non-hydrogen) atoms. The van der Waals surface area contributed by atoms with Gasteiger partial charge in [0.1, 0.15) is 0 Å². The Morgan fingerprint density at radius 1 is 0.815 bits per heavy atom. The molecule has 5 heteroatoms. The zero-order valence-corrected chi connectivity index (χ0v) is 16.0. The molecule has 1 saturated heterocycles. The van der Waals surface area contributed by atoms with Crippen molar-refractivity contribution in [3.63, 3.8) is 0 Å². The van der Waals surface area contributed by atoms with Crippen LogP contribution in [0.25, 0.3) is 0 Å². The van der Waals surface area contributed by atoms with Crippen LogP contribution in [0.1, 0.15) is 17.2 Å². The molecule has 1 fully saturated rings. The fraction of sp³-hybridized carbons (Fsp3) is 0.182. The summed E-state index contributed by atoms with van der Waals surface area (Å²) in [5.41, 5.74) is 3.18. The van der Waals surface area contributed by atoms with E-state index in [1.54, 1.807) is 16.4 Å². The minimum absolute atomic E-state index is 0.0196. The highest BCUT2D eigenvalue weighted by atomic mass is 32.2. The third-order valence-corrected chi connectivity index (χ3v) is 6.81. The highest BCUT2D eigenvalue weighted by molar-refractivity contribution is 7.89. The van der Waals surface area contributed by atoms with E-state index in [1.807, 2.05) is 67.6 Å².